The molecular formula is C15H22N4O4. The zero-order valence-corrected chi connectivity index (χ0v) is 13.0. The molecule has 1 atom stereocenters. The third-order valence-corrected chi connectivity index (χ3v) is 4.60. The van der Waals surface area contributed by atoms with Gasteiger partial charge >= 0.3 is 0 Å². The van der Waals surface area contributed by atoms with Crippen LogP contribution >= 0.6 is 0 Å². The first-order chi connectivity index (χ1) is 11.1. The van der Waals surface area contributed by atoms with Crippen molar-refractivity contribution < 1.29 is 18.8 Å². The quantitative estimate of drug-likeness (QED) is 0.821. The minimum atomic E-state index is -0.382. The molecule has 8 nitrogen and oxygen atoms in total. The second kappa shape index (κ2) is 7.10. The number of nitrogens with two attached hydrogens (primary N) is 1. The van der Waals surface area contributed by atoms with Gasteiger partial charge < -0.3 is 19.9 Å². The van der Waals surface area contributed by atoms with Gasteiger partial charge in [0.1, 0.15) is 0 Å². The molecule has 0 bridgehead atoms. The van der Waals surface area contributed by atoms with Crippen LogP contribution in [0.3, 0.4) is 0 Å². The summed E-state index contributed by atoms with van der Waals surface area (Å²) < 4.78 is 10.3. The van der Waals surface area contributed by atoms with E-state index in [4.69, 9.17) is 15.0 Å². The monoisotopic (exact) mass is 322 g/mol. The number of carbonyl (C=O) groups is 2. The van der Waals surface area contributed by atoms with Gasteiger partial charge in [0.05, 0.1) is 12.1 Å². The van der Waals surface area contributed by atoms with Crippen LogP contribution in [-0.2, 0) is 9.53 Å². The second-order valence-electron chi connectivity index (χ2n) is 6.07. The Morgan fingerprint density at radius 1 is 1.22 bits per heavy atom. The molecule has 1 aromatic rings. The van der Waals surface area contributed by atoms with Crippen molar-refractivity contribution in [2.24, 2.45) is 11.7 Å². The van der Waals surface area contributed by atoms with E-state index in [9.17, 15) is 9.59 Å². The number of amides is 2. The molecule has 1 aromatic heterocycles. The van der Waals surface area contributed by atoms with E-state index in [0.29, 0.717) is 32.2 Å². The molecule has 0 aliphatic carbocycles. The molecule has 3 rings (SSSR count). The first kappa shape index (κ1) is 15.9. The third kappa shape index (κ3) is 3.70. The second-order valence-corrected chi connectivity index (χ2v) is 6.07. The van der Waals surface area contributed by atoms with Crippen LogP contribution in [0, 0.1) is 5.92 Å². The Kier molecular flexibility index (Phi) is 4.92. The van der Waals surface area contributed by atoms with E-state index in [1.54, 1.807) is 4.90 Å². The Labute approximate surface area is 134 Å². The lowest BCUT2D eigenvalue weighted by Gasteiger charge is -2.34. The number of hydrogen-bond acceptors (Lipinski definition) is 6. The lowest BCUT2D eigenvalue weighted by atomic mass is 10.0. The molecule has 2 amide bonds. The standard InChI is InChI=1S/C15H22N4O4/c16-14(20)11-9-18(12-2-7-22-8-3-12)5-6-19(10-11)15(21)13-1-4-17-23-13/h1,4,11-12H,2-3,5-10H2,(H2,16,20). The van der Waals surface area contributed by atoms with Crippen molar-refractivity contribution in [2.45, 2.75) is 18.9 Å². The van der Waals surface area contributed by atoms with Crippen LogP contribution in [0.2, 0.25) is 0 Å². The Hall–Kier alpha value is -1.93. The number of carbonyl (C=O) groups excluding carboxylic acids is 2. The van der Waals surface area contributed by atoms with Gasteiger partial charge in [0, 0.05) is 51.5 Å². The van der Waals surface area contributed by atoms with Gasteiger partial charge in [-0.15, -0.1) is 0 Å². The first-order valence-electron chi connectivity index (χ1n) is 7.96. The Balaban J connectivity index is 1.72. The normalized spacial score (nSPS) is 24.3. The highest BCUT2D eigenvalue weighted by molar-refractivity contribution is 5.91. The van der Waals surface area contributed by atoms with Gasteiger partial charge in [-0.2, -0.15) is 0 Å². The van der Waals surface area contributed by atoms with E-state index >= 15 is 0 Å². The average molecular weight is 322 g/mol. The van der Waals surface area contributed by atoms with Gasteiger partial charge in [-0.05, 0) is 12.8 Å². The maximum absolute atomic E-state index is 12.5. The summed E-state index contributed by atoms with van der Waals surface area (Å²) in [4.78, 5) is 28.2. The van der Waals surface area contributed by atoms with E-state index in [1.165, 1.54) is 12.3 Å². The fraction of sp³-hybridized carbons (Fsp3) is 0.667. The van der Waals surface area contributed by atoms with Crippen molar-refractivity contribution in [1.82, 2.24) is 15.0 Å². The van der Waals surface area contributed by atoms with Crippen LogP contribution in [0.5, 0.6) is 0 Å². The van der Waals surface area contributed by atoms with E-state index in [-0.39, 0.29) is 23.5 Å². The number of primary amides is 1. The van der Waals surface area contributed by atoms with Crippen LogP contribution in [0.15, 0.2) is 16.8 Å². The summed E-state index contributed by atoms with van der Waals surface area (Å²) in [5.41, 5.74) is 5.55. The van der Waals surface area contributed by atoms with Crippen molar-refractivity contribution in [3.05, 3.63) is 18.0 Å². The minimum Gasteiger partial charge on any atom is -0.381 e. The first-order valence-corrected chi connectivity index (χ1v) is 7.96. The van der Waals surface area contributed by atoms with Crippen molar-refractivity contribution in [1.29, 1.82) is 0 Å². The zero-order chi connectivity index (χ0) is 16.2. The highest BCUT2D eigenvalue weighted by Crippen LogP contribution is 2.20. The lowest BCUT2D eigenvalue weighted by Crippen LogP contribution is -2.44. The molecule has 2 fully saturated rings. The molecule has 2 aliphatic rings. The fourth-order valence-electron chi connectivity index (χ4n) is 3.27. The number of aromatic nitrogens is 1. The molecule has 2 saturated heterocycles. The van der Waals surface area contributed by atoms with Gasteiger partial charge in [-0.3, -0.25) is 14.5 Å². The molecule has 8 heteroatoms. The Bertz CT molecular complexity index is 542. The third-order valence-electron chi connectivity index (χ3n) is 4.60. The summed E-state index contributed by atoms with van der Waals surface area (Å²) in [6, 6.07) is 1.91. The summed E-state index contributed by atoms with van der Waals surface area (Å²) in [7, 11) is 0. The highest BCUT2D eigenvalue weighted by atomic mass is 16.5. The van der Waals surface area contributed by atoms with Crippen molar-refractivity contribution in [3.8, 4) is 0 Å². The fourth-order valence-corrected chi connectivity index (χ4v) is 3.27. The van der Waals surface area contributed by atoms with E-state index in [1.807, 2.05) is 0 Å². The predicted octanol–water partition coefficient (Wildman–Crippen LogP) is -0.287. The molecule has 2 N–H and O–H groups in total. The summed E-state index contributed by atoms with van der Waals surface area (Å²) >= 11 is 0. The summed E-state index contributed by atoms with van der Waals surface area (Å²) in [5.74, 6) is -0.818. The van der Waals surface area contributed by atoms with Gasteiger partial charge in [0.15, 0.2) is 0 Å². The van der Waals surface area contributed by atoms with Gasteiger partial charge in [0.25, 0.3) is 5.91 Å². The zero-order valence-electron chi connectivity index (χ0n) is 13.0. The summed E-state index contributed by atoms with van der Waals surface area (Å²) in [5, 5.41) is 3.57. The van der Waals surface area contributed by atoms with Crippen LogP contribution in [-0.4, -0.2) is 72.2 Å². The smallest absolute Gasteiger partial charge is 0.292 e. The van der Waals surface area contributed by atoms with Crippen LogP contribution in [0.25, 0.3) is 0 Å². The molecule has 2 aliphatic heterocycles. The molecule has 0 aromatic carbocycles. The molecule has 23 heavy (non-hydrogen) atoms. The molecule has 0 saturated carbocycles. The van der Waals surface area contributed by atoms with Crippen LogP contribution in [0.1, 0.15) is 23.4 Å². The van der Waals surface area contributed by atoms with Crippen molar-refractivity contribution >= 4 is 11.8 Å². The maximum Gasteiger partial charge on any atom is 0.292 e. The molecule has 3 heterocycles. The summed E-state index contributed by atoms with van der Waals surface area (Å²) in [6.45, 7) is 3.63. The maximum atomic E-state index is 12.5. The molecule has 0 radical (unpaired) electrons. The van der Waals surface area contributed by atoms with Crippen molar-refractivity contribution in [2.75, 3.05) is 39.4 Å². The van der Waals surface area contributed by atoms with Crippen LogP contribution in [0.4, 0.5) is 0 Å². The van der Waals surface area contributed by atoms with Gasteiger partial charge in [-0.1, -0.05) is 5.16 Å². The van der Waals surface area contributed by atoms with E-state index in [2.05, 4.69) is 10.1 Å². The largest absolute Gasteiger partial charge is 0.381 e. The van der Waals surface area contributed by atoms with Crippen LogP contribution < -0.4 is 5.73 Å². The predicted molar refractivity (Wildman–Crippen MR) is 80.5 cm³/mol. The van der Waals surface area contributed by atoms with E-state index in [0.717, 1.165) is 26.1 Å². The van der Waals surface area contributed by atoms with E-state index < -0.39 is 0 Å². The Morgan fingerprint density at radius 3 is 2.65 bits per heavy atom. The Morgan fingerprint density at radius 2 is 2.00 bits per heavy atom. The molecule has 1 unspecified atom stereocenters. The average Bonchev–Trinajstić information content (AvgIpc) is 3.00. The number of ether oxygens (including phenoxy) is 1. The highest BCUT2D eigenvalue weighted by Gasteiger charge is 2.33. The number of nitrogens with zero attached hydrogens (tertiary/aromatic N) is 3. The number of hydrogen-bond donors (Lipinski definition) is 1. The minimum absolute atomic E-state index is 0.188. The van der Waals surface area contributed by atoms with Gasteiger partial charge in [-0.25, -0.2) is 0 Å². The molecule has 126 valence electrons. The number of rotatable bonds is 3. The topological polar surface area (TPSA) is 102 Å². The summed E-state index contributed by atoms with van der Waals surface area (Å²) in [6.07, 6.45) is 3.33. The van der Waals surface area contributed by atoms with Gasteiger partial charge in [0.2, 0.25) is 11.7 Å². The SMILES string of the molecule is NC(=O)C1CN(C(=O)c2ccno2)CCN(C2CCOCC2)C1. The molecular weight excluding hydrogens is 300 g/mol. The van der Waals surface area contributed by atoms with Crippen molar-refractivity contribution in [3.63, 3.8) is 0 Å². The lowest BCUT2D eigenvalue weighted by molar-refractivity contribution is -0.122. The molecule has 0 spiro atoms.